The van der Waals surface area contributed by atoms with Crippen LogP contribution >= 0.6 is 11.3 Å². The number of ketones is 1. The number of hydrogen-bond donors (Lipinski definition) is 0. The minimum absolute atomic E-state index is 0.0799. The van der Waals surface area contributed by atoms with E-state index in [1.165, 1.54) is 11.3 Å². The van der Waals surface area contributed by atoms with Gasteiger partial charge in [0.2, 0.25) is 0 Å². The molecule has 1 aliphatic heterocycles. The Morgan fingerprint density at radius 1 is 1.62 bits per heavy atom. The number of rotatable bonds is 2. The van der Waals surface area contributed by atoms with Gasteiger partial charge in [0.1, 0.15) is 0 Å². The van der Waals surface area contributed by atoms with Crippen molar-refractivity contribution >= 4 is 22.3 Å². The van der Waals surface area contributed by atoms with E-state index in [1.54, 1.807) is 13.1 Å². The summed E-state index contributed by atoms with van der Waals surface area (Å²) < 4.78 is 5.64. The Bertz CT molecular complexity index is 400. The standard InChI is InChI=1S/C11H16N2O2S/c1-8(14)9-6-12-10(16-9)13-4-5-15-11(2,3)7-13/h6H,4-5,7H2,1-3H3. The third-order valence-corrected chi connectivity index (χ3v) is 3.70. The zero-order valence-corrected chi connectivity index (χ0v) is 10.6. The second-order valence-corrected chi connectivity index (χ2v) is 5.60. The number of ether oxygens (including phenoxy) is 1. The number of anilines is 1. The van der Waals surface area contributed by atoms with Crippen LogP contribution in [0, 0.1) is 0 Å². The van der Waals surface area contributed by atoms with Crippen molar-refractivity contribution in [1.29, 1.82) is 0 Å². The van der Waals surface area contributed by atoms with E-state index in [0.717, 1.165) is 23.1 Å². The molecule has 1 aromatic rings. The number of thiazole rings is 1. The highest BCUT2D eigenvalue weighted by atomic mass is 32.1. The molecule has 5 heteroatoms. The number of aromatic nitrogens is 1. The number of carbonyl (C=O) groups excluding carboxylic acids is 1. The van der Waals surface area contributed by atoms with Crippen LogP contribution in [0.4, 0.5) is 5.13 Å². The van der Waals surface area contributed by atoms with Crippen LogP contribution in [0.5, 0.6) is 0 Å². The molecular formula is C11H16N2O2S. The molecule has 1 saturated heterocycles. The van der Waals surface area contributed by atoms with Crippen LogP contribution in [-0.2, 0) is 4.74 Å². The minimum Gasteiger partial charge on any atom is -0.372 e. The van der Waals surface area contributed by atoms with Crippen molar-refractivity contribution in [3.05, 3.63) is 11.1 Å². The first kappa shape index (κ1) is 11.5. The van der Waals surface area contributed by atoms with Crippen molar-refractivity contribution in [2.24, 2.45) is 0 Å². The van der Waals surface area contributed by atoms with E-state index in [-0.39, 0.29) is 11.4 Å². The molecule has 0 radical (unpaired) electrons. The lowest BCUT2D eigenvalue weighted by molar-refractivity contribution is -0.0277. The van der Waals surface area contributed by atoms with Crippen LogP contribution in [0.25, 0.3) is 0 Å². The largest absolute Gasteiger partial charge is 0.372 e. The van der Waals surface area contributed by atoms with Gasteiger partial charge in [0, 0.05) is 20.0 Å². The van der Waals surface area contributed by atoms with Gasteiger partial charge in [-0.15, -0.1) is 0 Å². The van der Waals surface area contributed by atoms with Crippen LogP contribution in [0.2, 0.25) is 0 Å². The fourth-order valence-corrected chi connectivity index (χ4v) is 2.59. The van der Waals surface area contributed by atoms with E-state index in [4.69, 9.17) is 4.74 Å². The highest BCUT2D eigenvalue weighted by Gasteiger charge is 2.28. The Balaban J connectivity index is 2.14. The Hall–Kier alpha value is -0.940. The van der Waals surface area contributed by atoms with Gasteiger partial charge in [-0.05, 0) is 13.8 Å². The zero-order valence-electron chi connectivity index (χ0n) is 9.82. The van der Waals surface area contributed by atoms with Crippen LogP contribution in [0.1, 0.15) is 30.4 Å². The van der Waals surface area contributed by atoms with Crippen LogP contribution in [0.3, 0.4) is 0 Å². The van der Waals surface area contributed by atoms with Crippen molar-refractivity contribution in [1.82, 2.24) is 4.98 Å². The highest BCUT2D eigenvalue weighted by molar-refractivity contribution is 7.17. The summed E-state index contributed by atoms with van der Waals surface area (Å²) in [4.78, 5) is 18.4. The third kappa shape index (κ3) is 2.41. The molecular weight excluding hydrogens is 224 g/mol. The summed E-state index contributed by atoms with van der Waals surface area (Å²) >= 11 is 1.46. The van der Waals surface area contributed by atoms with Crippen molar-refractivity contribution in [2.75, 3.05) is 24.6 Å². The Morgan fingerprint density at radius 2 is 2.38 bits per heavy atom. The molecule has 88 valence electrons. The second kappa shape index (κ2) is 4.14. The molecule has 1 fully saturated rings. The number of nitrogens with zero attached hydrogens (tertiary/aromatic N) is 2. The molecule has 4 nitrogen and oxygen atoms in total. The third-order valence-electron chi connectivity index (χ3n) is 2.54. The van der Waals surface area contributed by atoms with Crippen molar-refractivity contribution in [3.63, 3.8) is 0 Å². The van der Waals surface area contributed by atoms with Crippen molar-refractivity contribution in [3.8, 4) is 0 Å². The SMILES string of the molecule is CC(=O)c1cnc(N2CCOC(C)(C)C2)s1. The summed E-state index contributed by atoms with van der Waals surface area (Å²) in [5.74, 6) is 0.0799. The molecule has 0 aromatic carbocycles. The monoisotopic (exact) mass is 240 g/mol. The first-order valence-electron chi connectivity index (χ1n) is 5.34. The normalized spacial score (nSPS) is 19.8. The summed E-state index contributed by atoms with van der Waals surface area (Å²) in [6.45, 7) is 8.08. The van der Waals surface area contributed by atoms with E-state index >= 15 is 0 Å². The maximum absolute atomic E-state index is 11.2. The predicted molar refractivity (Wildman–Crippen MR) is 64.4 cm³/mol. The second-order valence-electron chi connectivity index (χ2n) is 4.59. The van der Waals surface area contributed by atoms with Crippen LogP contribution in [-0.4, -0.2) is 36.1 Å². The minimum atomic E-state index is -0.139. The lowest BCUT2D eigenvalue weighted by Crippen LogP contribution is -2.48. The lowest BCUT2D eigenvalue weighted by Gasteiger charge is -2.37. The van der Waals surface area contributed by atoms with Crippen LogP contribution < -0.4 is 4.90 Å². The molecule has 0 spiro atoms. The average molecular weight is 240 g/mol. The van der Waals surface area contributed by atoms with Gasteiger partial charge in [-0.25, -0.2) is 4.98 Å². The van der Waals surface area contributed by atoms with E-state index < -0.39 is 0 Å². The number of carbonyl (C=O) groups is 1. The first-order valence-corrected chi connectivity index (χ1v) is 6.15. The van der Waals surface area contributed by atoms with Crippen LogP contribution in [0.15, 0.2) is 6.20 Å². The van der Waals surface area contributed by atoms with E-state index in [2.05, 4.69) is 23.7 Å². The number of Topliss-reactive ketones (excluding diaryl/α,β-unsaturated/α-hetero) is 1. The lowest BCUT2D eigenvalue weighted by atomic mass is 10.1. The quantitative estimate of drug-likeness (QED) is 0.741. The number of morpholine rings is 1. The summed E-state index contributed by atoms with van der Waals surface area (Å²) in [6.07, 6.45) is 1.66. The average Bonchev–Trinajstić information content (AvgIpc) is 2.64. The molecule has 0 bridgehead atoms. The molecule has 0 unspecified atom stereocenters. The van der Waals surface area contributed by atoms with Gasteiger partial charge in [-0.3, -0.25) is 4.79 Å². The molecule has 0 aliphatic carbocycles. The van der Waals surface area contributed by atoms with Gasteiger partial charge in [-0.2, -0.15) is 0 Å². The van der Waals surface area contributed by atoms with Crippen molar-refractivity contribution < 1.29 is 9.53 Å². The van der Waals surface area contributed by atoms with Gasteiger partial charge < -0.3 is 9.64 Å². The van der Waals surface area contributed by atoms with E-state index in [0.29, 0.717) is 6.61 Å². The predicted octanol–water partition coefficient (Wildman–Crippen LogP) is 1.96. The van der Waals surface area contributed by atoms with Gasteiger partial charge in [0.05, 0.1) is 23.3 Å². The number of hydrogen-bond acceptors (Lipinski definition) is 5. The highest BCUT2D eigenvalue weighted by Crippen LogP contribution is 2.27. The molecule has 0 amide bonds. The fourth-order valence-electron chi connectivity index (χ4n) is 1.75. The molecule has 16 heavy (non-hydrogen) atoms. The molecule has 2 rings (SSSR count). The summed E-state index contributed by atoms with van der Waals surface area (Å²) in [7, 11) is 0. The molecule has 0 atom stereocenters. The maximum Gasteiger partial charge on any atom is 0.186 e. The van der Waals surface area contributed by atoms with E-state index in [1.807, 2.05) is 0 Å². The van der Waals surface area contributed by atoms with Gasteiger partial charge >= 0.3 is 0 Å². The molecule has 1 aliphatic rings. The molecule has 1 aromatic heterocycles. The van der Waals surface area contributed by atoms with Gasteiger partial charge in [0.15, 0.2) is 10.9 Å². The zero-order chi connectivity index (χ0) is 11.8. The maximum atomic E-state index is 11.2. The molecule has 0 saturated carbocycles. The smallest absolute Gasteiger partial charge is 0.186 e. The van der Waals surface area contributed by atoms with E-state index in [9.17, 15) is 4.79 Å². The van der Waals surface area contributed by atoms with Gasteiger partial charge in [0.25, 0.3) is 0 Å². The first-order chi connectivity index (χ1) is 7.48. The van der Waals surface area contributed by atoms with Crippen molar-refractivity contribution in [2.45, 2.75) is 26.4 Å². The molecule has 2 heterocycles. The summed E-state index contributed by atoms with van der Waals surface area (Å²) in [5, 5.41) is 0.918. The van der Waals surface area contributed by atoms with Gasteiger partial charge in [-0.1, -0.05) is 11.3 Å². The topological polar surface area (TPSA) is 42.4 Å². The molecule has 0 N–H and O–H groups in total. The Morgan fingerprint density at radius 3 is 2.94 bits per heavy atom. The Labute approximate surface area is 99.2 Å². The fraction of sp³-hybridized carbons (Fsp3) is 0.636. The Kier molecular flexibility index (Phi) is 2.99. The summed E-state index contributed by atoms with van der Waals surface area (Å²) in [6, 6.07) is 0. The summed E-state index contributed by atoms with van der Waals surface area (Å²) in [5.41, 5.74) is -0.139.